The standard InChI is InChI=1S/C24H31NOS2/c1-5-25(13-8-6-7-12-24(2,3)4)14-16-26-15-9-10-23-18-22(20-28-23)21-11-17-27-19-21/h6,8-11,17-20H,5,13-16H2,1-4H3/b8-6+,10-9+. The van der Waals surface area contributed by atoms with Crippen LogP contribution in [0, 0.1) is 17.3 Å². The summed E-state index contributed by atoms with van der Waals surface area (Å²) in [7, 11) is 0. The second-order valence-corrected chi connectivity index (χ2v) is 9.26. The van der Waals surface area contributed by atoms with Gasteiger partial charge >= 0.3 is 0 Å². The van der Waals surface area contributed by atoms with Crippen LogP contribution in [0.25, 0.3) is 17.2 Å². The van der Waals surface area contributed by atoms with E-state index < -0.39 is 0 Å². The molecule has 0 aliphatic heterocycles. The lowest BCUT2D eigenvalue weighted by Gasteiger charge is -2.17. The maximum absolute atomic E-state index is 5.76. The number of likely N-dealkylation sites (N-methyl/N-ethyl adjacent to an activating group) is 1. The molecule has 4 heteroatoms. The summed E-state index contributed by atoms with van der Waals surface area (Å²) in [5, 5.41) is 6.51. The van der Waals surface area contributed by atoms with Gasteiger partial charge in [0.25, 0.3) is 0 Å². The van der Waals surface area contributed by atoms with Crippen molar-refractivity contribution < 1.29 is 4.74 Å². The van der Waals surface area contributed by atoms with E-state index in [1.807, 2.05) is 6.08 Å². The van der Waals surface area contributed by atoms with Crippen LogP contribution >= 0.6 is 22.7 Å². The Bertz CT molecular complexity index is 798. The summed E-state index contributed by atoms with van der Waals surface area (Å²) in [6, 6.07) is 4.39. The van der Waals surface area contributed by atoms with E-state index in [4.69, 9.17) is 4.74 Å². The third-order valence-electron chi connectivity index (χ3n) is 3.98. The summed E-state index contributed by atoms with van der Waals surface area (Å²) in [6.45, 7) is 12.8. The van der Waals surface area contributed by atoms with Gasteiger partial charge in [-0.2, -0.15) is 11.3 Å². The molecule has 0 spiro atoms. The molecule has 0 aliphatic carbocycles. The molecular weight excluding hydrogens is 382 g/mol. The molecule has 0 aliphatic rings. The average molecular weight is 414 g/mol. The lowest BCUT2D eigenvalue weighted by Crippen LogP contribution is -2.27. The number of nitrogens with zero attached hydrogens (tertiary/aromatic N) is 1. The van der Waals surface area contributed by atoms with Crippen LogP contribution in [-0.2, 0) is 4.74 Å². The van der Waals surface area contributed by atoms with Gasteiger partial charge in [0.2, 0.25) is 0 Å². The quantitative estimate of drug-likeness (QED) is 0.328. The fraction of sp³-hybridized carbons (Fsp3) is 0.417. The van der Waals surface area contributed by atoms with Crippen molar-refractivity contribution in [2.24, 2.45) is 5.41 Å². The second kappa shape index (κ2) is 12.0. The van der Waals surface area contributed by atoms with Crippen molar-refractivity contribution in [3.05, 3.63) is 51.4 Å². The van der Waals surface area contributed by atoms with Crippen LogP contribution in [-0.4, -0.2) is 37.7 Å². The third kappa shape index (κ3) is 9.03. The highest BCUT2D eigenvalue weighted by Crippen LogP contribution is 2.27. The smallest absolute Gasteiger partial charge is 0.0651 e. The highest BCUT2D eigenvalue weighted by Gasteiger charge is 2.03. The van der Waals surface area contributed by atoms with Gasteiger partial charge in [-0.1, -0.05) is 30.9 Å². The SMILES string of the molecule is CCN(C/C=C/C#CC(C)(C)C)CCOC/C=C/c1cc(-c2ccsc2)cs1. The normalized spacial score (nSPS) is 12.2. The van der Waals surface area contributed by atoms with E-state index in [9.17, 15) is 0 Å². The zero-order valence-electron chi connectivity index (χ0n) is 17.4. The van der Waals surface area contributed by atoms with Crippen molar-refractivity contribution in [3.8, 4) is 23.0 Å². The van der Waals surface area contributed by atoms with Crippen molar-refractivity contribution in [2.75, 3.05) is 32.8 Å². The number of rotatable bonds is 10. The number of hydrogen-bond acceptors (Lipinski definition) is 4. The topological polar surface area (TPSA) is 12.5 Å². The van der Waals surface area contributed by atoms with Crippen LogP contribution < -0.4 is 0 Å². The van der Waals surface area contributed by atoms with E-state index >= 15 is 0 Å². The first-order valence-electron chi connectivity index (χ1n) is 9.73. The highest BCUT2D eigenvalue weighted by atomic mass is 32.1. The number of ether oxygens (including phenoxy) is 1. The fourth-order valence-electron chi connectivity index (χ4n) is 2.43. The summed E-state index contributed by atoms with van der Waals surface area (Å²) in [5.41, 5.74) is 2.66. The Morgan fingerprint density at radius 2 is 2.04 bits per heavy atom. The third-order valence-corrected chi connectivity index (χ3v) is 5.56. The van der Waals surface area contributed by atoms with Crippen LogP contribution in [0.3, 0.4) is 0 Å². The Kier molecular flexibility index (Phi) is 9.73. The lowest BCUT2D eigenvalue weighted by atomic mass is 9.98. The number of allylic oxidation sites excluding steroid dienone is 1. The van der Waals surface area contributed by atoms with Gasteiger partial charge in [-0.15, -0.1) is 11.3 Å². The molecule has 0 aromatic carbocycles. The fourth-order valence-corrected chi connectivity index (χ4v) is 3.93. The van der Waals surface area contributed by atoms with Crippen molar-refractivity contribution in [1.29, 1.82) is 0 Å². The summed E-state index contributed by atoms with van der Waals surface area (Å²) in [4.78, 5) is 3.62. The molecule has 2 aromatic heterocycles. The number of thiophene rings is 2. The minimum Gasteiger partial charge on any atom is -0.376 e. The predicted octanol–water partition coefficient (Wildman–Crippen LogP) is 6.43. The summed E-state index contributed by atoms with van der Waals surface area (Å²) >= 11 is 3.50. The van der Waals surface area contributed by atoms with E-state index in [1.54, 1.807) is 22.7 Å². The summed E-state index contributed by atoms with van der Waals surface area (Å²) in [6.07, 6.45) is 8.34. The molecule has 0 amide bonds. The van der Waals surface area contributed by atoms with Gasteiger partial charge in [0, 0.05) is 23.4 Å². The van der Waals surface area contributed by atoms with E-state index in [0.717, 1.165) is 26.2 Å². The zero-order chi connectivity index (χ0) is 20.2. The first kappa shape index (κ1) is 22.6. The van der Waals surface area contributed by atoms with Crippen LogP contribution in [0.4, 0.5) is 0 Å². The Labute approximate surface area is 178 Å². The molecule has 2 rings (SSSR count). The van der Waals surface area contributed by atoms with Gasteiger partial charge in [-0.3, -0.25) is 4.90 Å². The van der Waals surface area contributed by atoms with Crippen molar-refractivity contribution in [2.45, 2.75) is 27.7 Å². The first-order valence-corrected chi connectivity index (χ1v) is 11.6. The van der Waals surface area contributed by atoms with Gasteiger partial charge in [0.05, 0.1) is 13.2 Å². The highest BCUT2D eigenvalue weighted by molar-refractivity contribution is 7.11. The predicted molar refractivity (Wildman–Crippen MR) is 126 cm³/mol. The van der Waals surface area contributed by atoms with Crippen molar-refractivity contribution in [1.82, 2.24) is 4.90 Å². The first-order chi connectivity index (χ1) is 13.5. The zero-order valence-corrected chi connectivity index (χ0v) is 19.0. The molecule has 28 heavy (non-hydrogen) atoms. The van der Waals surface area contributed by atoms with E-state index in [0.29, 0.717) is 6.61 Å². The molecule has 0 atom stereocenters. The molecular formula is C24H31NOS2. The molecule has 2 aromatic rings. The minimum atomic E-state index is 0.0602. The van der Waals surface area contributed by atoms with Crippen LogP contribution in [0.1, 0.15) is 32.6 Å². The average Bonchev–Trinajstić information content (AvgIpc) is 3.33. The van der Waals surface area contributed by atoms with Crippen LogP contribution in [0.2, 0.25) is 0 Å². The van der Waals surface area contributed by atoms with Gasteiger partial charge < -0.3 is 4.74 Å². The molecule has 0 radical (unpaired) electrons. The van der Waals surface area contributed by atoms with E-state index in [1.165, 1.54) is 16.0 Å². The second-order valence-electron chi connectivity index (χ2n) is 7.54. The molecule has 2 heterocycles. The lowest BCUT2D eigenvalue weighted by molar-refractivity contribution is 0.131. The maximum atomic E-state index is 5.76. The molecule has 0 bridgehead atoms. The Morgan fingerprint density at radius 1 is 1.18 bits per heavy atom. The van der Waals surface area contributed by atoms with Gasteiger partial charge in [0.1, 0.15) is 0 Å². The van der Waals surface area contributed by atoms with Crippen LogP contribution in [0.5, 0.6) is 0 Å². The minimum absolute atomic E-state index is 0.0602. The summed E-state index contributed by atoms with van der Waals surface area (Å²) in [5.74, 6) is 6.34. The van der Waals surface area contributed by atoms with Gasteiger partial charge in [-0.05, 0) is 78.9 Å². The molecule has 0 unspecified atom stereocenters. The monoisotopic (exact) mass is 413 g/mol. The molecule has 0 saturated carbocycles. The van der Waals surface area contributed by atoms with E-state index in [-0.39, 0.29) is 5.41 Å². The summed E-state index contributed by atoms with van der Waals surface area (Å²) < 4.78 is 5.76. The maximum Gasteiger partial charge on any atom is 0.0651 e. The molecule has 0 saturated heterocycles. The number of hydrogen-bond donors (Lipinski definition) is 0. The van der Waals surface area contributed by atoms with E-state index in [2.05, 4.69) is 90.9 Å². The van der Waals surface area contributed by atoms with Gasteiger partial charge in [0.15, 0.2) is 0 Å². The Balaban J connectivity index is 1.63. The molecule has 150 valence electrons. The van der Waals surface area contributed by atoms with Crippen molar-refractivity contribution >= 4 is 28.7 Å². The van der Waals surface area contributed by atoms with Gasteiger partial charge in [-0.25, -0.2) is 0 Å². The molecule has 0 N–H and O–H groups in total. The molecule has 2 nitrogen and oxygen atoms in total. The largest absolute Gasteiger partial charge is 0.376 e. The van der Waals surface area contributed by atoms with Crippen molar-refractivity contribution in [3.63, 3.8) is 0 Å². The van der Waals surface area contributed by atoms with Crippen LogP contribution in [0.15, 0.2) is 46.5 Å². The molecule has 0 fully saturated rings. The Hall–Kier alpha value is -1.64. The Morgan fingerprint density at radius 3 is 2.75 bits per heavy atom.